The molecule has 5 nitrogen and oxygen atoms in total. The van der Waals surface area contributed by atoms with Crippen LogP contribution in [0.5, 0.6) is 0 Å². The molecule has 0 saturated carbocycles. The van der Waals surface area contributed by atoms with Crippen molar-refractivity contribution in [1.29, 1.82) is 0 Å². The molecule has 2 rings (SSSR count). The number of amides is 1. The van der Waals surface area contributed by atoms with Crippen molar-refractivity contribution in [1.82, 2.24) is 15.6 Å². The number of nitrogens with one attached hydrogen (secondary N) is 2. The number of hydrogen-bond donors (Lipinski definition) is 2. The normalized spacial score (nSPS) is 10.8. The van der Waals surface area contributed by atoms with Gasteiger partial charge in [-0.25, -0.2) is 4.98 Å². The highest BCUT2D eigenvalue weighted by atomic mass is 16.3. The lowest BCUT2D eigenvalue weighted by Gasteiger charge is -2.04. The monoisotopic (exact) mass is 261 g/mol. The van der Waals surface area contributed by atoms with E-state index in [0.717, 1.165) is 23.9 Å². The maximum atomic E-state index is 11.2. The summed E-state index contributed by atoms with van der Waals surface area (Å²) < 4.78 is 5.50. The van der Waals surface area contributed by atoms with E-state index in [1.54, 1.807) is 7.05 Å². The van der Waals surface area contributed by atoms with E-state index in [-0.39, 0.29) is 5.91 Å². The molecule has 1 aromatic heterocycles. The predicted octanol–water partition coefficient (Wildman–Crippen LogP) is 1.40. The fourth-order valence-corrected chi connectivity index (χ4v) is 1.98. The number of nitrogens with zero attached hydrogens (tertiary/aromatic N) is 1. The number of aryl methyl sites for hydroxylation is 2. The fourth-order valence-electron chi connectivity index (χ4n) is 1.98. The topological polar surface area (TPSA) is 67.2 Å². The molecule has 5 heteroatoms. The predicted molar refractivity (Wildman–Crippen MR) is 74.0 cm³/mol. The van der Waals surface area contributed by atoms with Crippen molar-refractivity contribution in [2.24, 2.45) is 0 Å². The number of aromatic nitrogens is 1. The molecule has 0 atom stereocenters. The Morgan fingerprint density at radius 3 is 3.05 bits per heavy atom. The molecule has 2 aromatic rings. The molecule has 2 N–H and O–H groups in total. The summed E-state index contributed by atoms with van der Waals surface area (Å²) in [4.78, 5) is 15.5. The molecule has 0 spiro atoms. The van der Waals surface area contributed by atoms with Gasteiger partial charge in [0.05, 0.1) is 6.54 Å². The maximum Gasteiger partial charge on any atom is 0.233 e. The minimum absolute atomic E-state index is 0.0313. The highest BCUT2D eigenvalue weighted by Gasteiger charge is 2.03. The molecule has 1 amide bonds. The van der Waals surface area contributed by atoms with Gasteiger partial charge in [0.25, 0.3) is 0 Å². The van der Waals surface area contributed by atoms with Gasteiger partial charge in [0.2, 0.25) is 5.91 Å². The lowest BCUT2D eigenvalue weighted by Crippen LogP contribution is -2.32. The van der Waals surface area contributed by atoms with Crippen molar-refractivity contribution in [2.45, 2.75) is 19.8 Å². The van der Waals surface area contributed by atoms with Crippen molar-refractivity contribution in [3.8, 4) is 0 Å². The Labute approximate surface area is 112 Å². The molecule has 0 aliphatic carbocycles. The van der Waals surface area contributed by atoms with Crippen LogP contribution in [0.2, 0.25) is 0 Å². The molecule has 0 saturated heterocycles. The molecule has 0 radical (unpaired) electrons. The third-order valence-electron chi connectivity index (χ3n) is 2.86. The van der Waals surface area contributed by atoms with Gasteiger partial charge in [0.15, 0.2) is 11.5 Å². The van der Waals surface area contributed by atoms with E-state index < -0.39 is 0 Å². The van der Waals surface area contributed by atoms with Gasteiger partial charge in [-0.05, 0) is 37.6 Å². The molecule has 0 aliphatic rings. The van der Waals surface area contributed by atoms with Crippen LogP contribution in [0, 0.1) is 6.92 Å². The van der Waals surface area contributed by atoms with Gasteiger partial charge in [-0.1, -0.05) is 6.07 Å². The Bertz CT molecular complexity index is 563. The average Bonchev–Trinajstić information content (AvgIpc) is 2.74. The second-order valence-electron chi connectivity index (χ2n) is 4.52. The zero-order chi connectivity index (χ0) is 13.7. The number of rotatable bonds is 6. The lowest BCUT2D eigenvalue weighted by atomic mass is 10.1. The number of hydrogen-bond acceptors (Lipinski definition) is 4. The second kappa shape index (κ2) is 6.33. The van der Waals surface area contributed by atoms with Crippen molar-refractivity contribution in [3.05, 3.63) is 29.7 Å². The average molecular weight is 261 g/mol. The molecule has 0 aliphatic heterocycles. The first kappa shape index (κ1) is 13.5. The quantitative estimate of drug-likeness (QED) is 0.771. The van der Waals surface area contributed by atoms with Gasteiger partial charge in [-0.2, -0.15) is 0 Å². The molecular weight excluding hydrogens is 242 g/mol. The summed E-state index contributed by atoms with van der Waals surface area (Å²) in [5.41, 5.74) is 2.92. The molecular formula is C14H19N3O2. The van der Waals surface area contributed by atoms with Crippen molar-refractivity contribution in [2.75, 3.05) is 20.1 Å². The zero-order valence-corrected chi connectivity index (χ0v) is 11.3. The first-order valence-corrected chi connectivity index (χ1v) is 6.46. The molecule has 1 aromatic carbocycles. The van der Waals surface area contributed by atoms with Crippen molar-refractivity contribution >= 4 is 17.0 Å². The van der Waals surface area contributed by atoms with Crippen LogP contribution in [0.3, 0.4) is 0 Å². The van der Waals surface area contributed by atoms with Crippen LogP contribution in [0.15, 0.2) is 22.6 Å². The summed E-state index contributed by atoms with van der Waals surface area (Å²) in [6.45, 7) is 2.90. The number of oxazole rings is 1. The van der Waals surface area contributed by atoms with Crippen molar-refractivity contribution in [3.63, 3.8) is 0 Å². The first-order valence-electron chi connectivity index (χ1n) is 6.46. The molecule has 19 heavy (non-hydrogen) atoms. The van der Waals surface area contributed by atoms with Crippen LogP contribution in [-0.4, -0.2) is 31.0 Å². The fraction of sp³-hybridized carbons (Fsp3) is 0.429. The van der Waals surface area contributed by atoms with E-state index in [1.165, 1.54) is 5.56 Å². The first-order chi connectivity index (χ1) is 9.19. The highest BCUT2D eigenvalue weighted by molar-refractivity contribution is 5.77. The second-order valence-corrected chi connectivity index (χ2v) is 4.52. The third kappa shape index (κ3) is 3.79. The standard InChI is InChI=1S/C14H19N3O2/c1-10-17-12-6-5-11(8-13(12)19-10)4-3-7-16-14(18)9-15-2/h5-6,8,15H,3-4,7,9H2,1-2H3,(H,16,18). The molecule has 0 unspecified atom stereocenters. The Morgan fingerprint density at radius 1 is 1.42 bits per heavy atom. The molecule has 1 heterocycles. The summed E-state index contributed by atoms with van der Waals surface area (Å²) in [5, 5.41) is 5.68. The van der Waals surface area contributed by atoms with Crippen LogP contribution < -0.4 is 10.6 Å². The van der Waals surface area contributed by atoms with Crippen molar-refractivity contribution < 1.29 is 9.21 Å². The van der Waals surface area contributed by atoms with E-state index in [1.807, 2.05) is 19.1 Å². The molecule has 0 fully saturated rings. The van der Waals surface area contributed by atoms with Gasteiger partial charge < -0.3 is 15.1 Å². The van der Waals surface area contributed by atoms with E-state index in [2.05, 4.69) is 21.7 Å². The Morgan fingerprint density at radius 2 is 2.26 bits per heavy atom. The summed E-state index contributed by atoms with van der Waals surface area (Å²) in [7, 11) is 1.76. The highest BCUT2D eigenvalue weighted by Crippen LogP contribution is 2.17. The summed E-state index contributed by atoms with van der Waals surface area (Å²) in [6, 6.07) is 6.05. The van der Waals surface area contributed by atoms with E-state index in [0.29, 0.717) is 19.0 Å². The van der Waals surface area contributed by atoms with Crippen LogP contribution >= 0.6 is 0 Å². The summed E-state index contributed by atoms with van der Waals surface area (Å²) in [6.07, 6.45) is 1.82. The summed E-state index contributed by atoms with van der Waals surface area (Å²) >= 11 is 0. The van der Waals surface area contributed by atoms with Gasteiger partial charge in [-0.3, -0.25) is 4.79 Å². The number of carbonyl (C=O) groups excluding carboxylic acids is 1. The van der Waals surface area contributed by atoms with E-state index >= 15 is 0 Å². The Hall–Kier alpha value is -1.88. The maximum absolute atomic E-state index is 11.2. The van der Waals surface area contributed by atoms with Crippen LogP contribution in [-0.2, 0) is 11.2 Å². The Kier molecular flexibility index (Phi) is 4.52. The zero-order valence-electron chi connectivity index (χ0n) is 11.3. The number of benzene rings is 1. The number of carbonyl (C=O) groups is 1. The largest absolute Gasteiger partial charge is 0.441 e. The molecule has 0 bridgehead atoms. The van der Waals surface area contributed by atoms with Crippen LogP contribution in [0.25, 0.3) is 11.1 Å². The van der Waals surface area contributed by atoms with Gasteiger partial charge in [0, 0.05) is 13.5 Å². The van der Waals surface area contributed by atoms with E-state index in [4.69, 9.17) is 4.42 Å². The van der Waals surface area contributed by atoms with Crippen LogP contribution in [0.1, 0.15) is 17.9 Å². The summed E-state index contributed by atoms with van der Waals surface area (Å²) in [5.74, 6) is 0.718. The van der Waals surface area contributed by atoms with Gasteiger partial charge in [0.1, 0.15) is 5.52 Å². The third-order valence-corrected chi connectivity index (χ3v) is 2.86. The van der Waals surface area contributed by atoms with Crippen LogP contribution in [0.4, 0.5) is 0 Å². The smallest absolute Gasteiger partial charge is 0.233 e. The molecule has 102 valence electrons. The SMILES string of the molecule is CNCC(=O)NCCCc1ccc2nc(C)oc2c1. The minimum atomic E-state index is 0.0313. The van der Waals surface area contributed by atoms with E-state index in [9.17, 15) is 4.79 Å². The lowest BCUT2D eigenvalue weighted by molar-refractivity contribution is -0.120. The minimum Gasteiger partial charge on any atom is -0.441 e. The Balaban J connectivity index is 1.83. The number of likely N-dealkylation sites (N-methyl/N-ethyl adjacent to an activating group) is 1. The van der Waals surface area contributed by atoms with Gasteiger partial charge >= 0.3 is 0 Å². The van der Waals surface area contributed by atoms with Gasteiger partial charge in [-0.15, -0.1) is 0 Å². The number of fused-ring (bicyclic) bond motifs is 1.